The van der Waals surface area contributed by atoms with E-state index in [1.54, 1.807) is 30.3 Å². The summed E-state index contributed by atoms with van der Waals surface area (Å²) in [7, 11) is 0. The molecule has 0 spiro atoms. The molecule has 4 rings (SSSR count). The van der Waals surface area contributed by atoms with Gasteiger partial charge in [0, 0.05) is 12.3 Å². The fourth-order valence-corrected chi connectivity index (χ4v) is 3.05. The minimum atomic E-state index is -0.449. The third-order valence-electron chi connectivity index (χ3n) is 4.52. The van der Waals surface area contributed by atoms with Gasteiger partial charge in [0.2, 0.25) is 11.8 Å². The van der Waals surface area contributed by atoms with Crippen LogP contribution in [-0.2, 0) is 4.79 Å². The summed E-state index contributed by atoms with van der Waals surface area (Å²) >= 11 is 0. The van der Waals surface area contributed by atoms with Crippen LogP contribution in [0, 0.1) is 11.3 Å². The summed E-state index contributed by atoms with van der Waals surface area (Å²) in [5, 5.41) is 8.88. The molecule has 3 heterocycles. The smallest absolute Gasteiger partial charge is 0.262 e. The summed E-state index contributed by atoms with van der Waals surface area (Å²) in [6, 6.07) is 11.6. The molecule has 2 aromatic rings. The maximum Gasteiger partial charge on any atom is 0.262 e. The Morgan fingerprint density at radius 3 is 2.48 bits per heavy atom. The van der Waals surface area contributed by atoms with E-state index in [2.05, 4.69) is 4.98 Å². The number of fused-ring (bicyclic) bond motifs is 1. The van der Waals surface area contributed by atoms with Gasteiger partial charge in [0.1, 0.15) is 12.6 Å². The van der Waals surface area contributed by atoms with E-state index in [0.29, 0.717) is 35.7 Å². The molecule has 0 unspecified atom stereocenters. The van der Waals surface area contributed by atoms with Crippen LogP contribution in [0.3, 0.4) is 0 Å². The first kappa shape index (κ1) is 16.7. The van der Waals surface area contributed by atoms with Gasteiger partial charge >= 0.3 is 0 Å². The Balaban J connectivity index is 1.33. The number of likely N-dealkylation sites (tertiary alicyclic amines) is 1. The lowest BCUT2D eigenvalue weighted by Gasteiger charge is -2.39. The minimum Gasteiger partial charge on any atom is -0.471 e. The van der Waals surface area contributed by atoms with Crippen molar-refractivity contribution < 1.29 is 19.1 Å². The highest BCUT2D eigenvalue weighted by molar-refractivity contribution is 6.22. The third kappa shape index (κ3) is 3.00. The van der Waals surface area contributed by atoms with Gasteiger partial charge in [-0.05, 0) is 18.2 Å². The van der Waals surface area contributed by atoms with Gasteiger partial charge in [0.05, 0.1) is 35.8 Å². The van der Waals surface area contributed by atoms with Gasteiger partial charge in [-0.3, -0.25) is 19.3 Å². The molecular formula is C19H14N4O4. The van der Waals surface area contributed by atoms with Crippen molar-refractivity contribution in [3.63, 3.8) is 0 Å². The maximum absolute atomic E-state index is 12.4. The van der Waals surface area contributed by atoms with Crippen molar-refractivity contribution in [3.05, 3.63) is 59.3 Å². The molecule has 8 heteroatoms. The van der Waals surface area contributed by atoms with Crippen molar-refractivity contribution in [1.29, 1.82) is 5.26 Å². The molecule has 1 fully saturated rings. The molecule has 8 nitrogen and oxygen atoms in total. The van der Waals surface area contributed by atoms with Gasteiger partial charge in [-0.2, -0.15) is 5.26 Å². The molecule has 0 bridgehead atoms. The number of pyridine rings is 1. The highest BCUT2D eigenvalue weighted by atomic mass is 16.5. The Hall–Kier alpha value is -3.73. The number of nitriles is 1. The summed E-state index contributed by atoms with van der Waals surface area (Å²) in [6.45, 7) is 0.377. The van der Waals surface area contributed by atoms with Gasteiger partial charge in [-0.15, -0.1) is 0 Å². The van der Waals surface area contributed by atoms with Crippen LogP contribution in [0.15, 0.2) is 42.6 Å². The molecule has 1 saturated heterocycles. The van der Waals surface area contributed by atoms with Crippen LogP contribution < -0.4 is 4.74 Å². The van der Waals surface area contributed by atoms with E-state index >= 15 is 0 Å². The standard InChI is InChI=1S/C19H14N4O4/c20-8-12-5-6-21-16(7-12)27-13-9-22(10-13)17(24)11-23-18(25)14-3-1-2-4-15(14)19(23)26/h1-7,13H,9-11H2. The number of benzene rings is 1. The Bertz CT molecular complexity index is 956. The summed E-state index contributed by atoms with van der Waals surface area (Å²) in [5.74, 6) is -0.890. The number of carbonyl (C=O) groups is 3. The predicted molar refractivity (Wildman–Crippen MR) is 91.8 cm³/mol. The molecule has 0 atom stereocenters. The summed E-state index contributed by atoms with van der Waals surface area (Å²) in [6.07, 6.45) is 1.25. The second-order valence-corrected chi connectivity index (χ2v) is 6.28. The van der Waals surface area contributed by atoms with Crippen LogP contribution in [0.25, 0.3) is 0 Å². The third-order valence-corrected chi connectivity index (χ3v) is 4.52. The van der Waals surface area contributed by atoms with E-state index in [0.717, 1.165) is 4.90 Å². The van der Waals surface area contributed by atoms with E-state index in [1.807, 2.05) is 6.07 Å². The zero-order chi connectivity index (χ0) is 19.0. The summed E-state index contributed by atoms with van der Waals surface area (Å²) in [4.78, 5) is 43.5. The van der Waals surface area contributed by atoms with E-state index in [9.17, 15) is 14.4 Å². The quantitative estimate of drug-likeness (QED) is 0.747. The van der Waals surface area contributed by atoms with Crippen LogP contribution >= 0.6 is 0 Å². The number of hydrogen-bond acceptors (Lipinski definition) is 6. The number of nitrogens with zero attached hydrogens (tertiary/aromatic N) is 4. The van der Waals surface area contributed by atoms with Crippen LogP contribution in [-0.4, -0.2) is 58.2 Å². The molecule has 134 valence electrons. The Labute approximate surface area is 154 Å². The average molecular weight is 362 g/mol. The number of amides is 3. The lowest BCUT2D eigenvalue weighted by Crippen LogP contribution is -2.58. The maximum atomic E-state index is 12.4. The molecule has 0 N–H and O–H groups in total. The number of hydrogen-bond donors (Lipinski definition) is 0. The second-order valence-electron chi connectivity index (χ2n) is 6.28. The van der Waals surface area contributed by atoms with Crippen LogP contribution in [0.1, 0.15) is 26.3 Å². The average Bonchev–Trinajstić information content (AvgIpc) is 2.89. The van der Waals surface area contributed by atoms with Crippen molar-refractivity contribution >= 4 is 17.7 Å². The summed E-state index contributed by atoms with van der Waals surface area (Å²) < 4.78 is 5.63. The van der Waals surface area contributed by atoms with Crippen LogP contribution in [0.4, 0.5) is 0 Å². The zero-order valence-electron chi connectivity index (χ0n) is 14.2. The Morgan fingerprint density at radius 1 is 1.19 bits per heavy atom. The minimum absolute atomic E-state index is 0.238. The van der Waals surface area contributed by atoms with Gasteiger partial charge in [0.15, 0.2) is 0 Å². The number of rotatable bonds is 4. The zero-order valence-corrected chi connectivity index (χ0v) is 14.2. The van der Waals surface area contributed by atoms with E-state index < -0.39 is 11.8 Å². The van der Waals surface area contributed by atoms with Crippen molar-refractivity contribution in [2.24, 2.45) is 0 Å². The molecule has 27 heavy (non-hydrogen) atoms. The number of aromatic nitrogens is 1. The molecule has 2 aliphatic rings. The molecule has 1 aromatic heterocycles. The summed E-state index contributed by atoms with van der Waals surface area (Å²) in [5.41, 5.74) is 1.09. The number of imide groups is 1. The lowest BCUT2D eigenvalue weighted by molar-refractivity contribution is -0.140. The van der Waals surface area contributed by atoms with Gasteiger partial charge in [0.25, 0.3) is 11.8 Å². The molecule has 2 aliphatic heterocycles. The number of carbonyl (C=O) groups excluding carboxylic acids is 3. The first-order valence-electron chi connectivity index (χ1n) is 8.32. The van der Waals surface area contributed by atoms with Crippen molar-refractivity contribution in [3.8, 4) is 11.9 Å². The van der Waals surface area contributed by atoms with Gasteiger partial charge in [-0.25, -0.2) is 4.98 Å². The van der Waals surface area contributed by atoms with Crippen molar-refractivity contribution in [2.75, 3.05) is 19.6 Å². The lowest BCUT2D eigenvalue weighted by atomic mass is 10.1. The highest BCUT2D eigenvalue weighted by Gasteiger charge is 2.39. The monoisotopic (exact) mass is 362 g/mol. The van der Waals surface area contributed by atoms with E-state index in [4.69, 9.17) is 10.00 Å². The normalized spacial score (nSPS) is 16.0. The van der Waals surface area contributed by atoms with E-state index in [1.165, 1.54) is 17.2 Å². The largest absolute Gasteiger partial charge is 0.471 e. The molecule has 1 aromatic carbocycles. The highest BCUT2D eigenvalue weighted by Crippen LogP contribution is 2.23. The Kier molecular flexibility index (Phi) is 4.05. The number of ether oxygens (including phenoxy) is 1. The second kappa shape index (κ2) is 6.53. The fraction of sp³-hybridized carbons (Fsp3) is 0.211. The topological polar surface area (TPSA) is 104 Å². The molecule has 0 aliphatic carbocycles. The van der Waals surface area contributed by atoms with Crippen molar-refractivity contribution in [2.45, 2.75) is 6.10 Å². The predicted octanol–water partition coefficient (Wildman–Crippen LogP) is 0.839. The molecular weight excluding hydrogens is 348 g/mol. The Morgan fingerprint density at radius 2 is 1.85 bits per heavy atom. The first-order valence-corrected chi connectivity index (χ1v) is 8.32. The van der Waals surface area contributed by atoms with Crippen molar-refractivity contribution in [1.82, 2.24) is 14.8 Å². The molecule has 0 saturated carbocycles. The SMILES string of the molecule is N#Cc1ccnc(OC2CN(C(=O)CN3C(=O)c4ccccc4C3=O)C2)c1. The van der Waals surface area contributed by atoms with E-state index in [-0.39, 0.29) is 18.6 Å². The first-order chi connectivity index (χ1) is 13.1. The van der Waals surface area contributed by atoms with Gasteiger partial charge < -0.3 is 9.64 Å². The fourth-order valence-electron chi connectivity index (χ4n) is 3.05. The molecule has 3 amide bonds. The van der Waals surface area contributed by atoms with Crippen LogP contribution in [0.5, 0.6) is 5.88 Å². The van der Waals surface area contributed by atoms with Crippen LogP contribution in [0.2, 0.25) is 0 Å². The molecule has 0 radical (unpaired) electrons. The van der Waals surface area contributed by atoms with Gasteiger partial charge in [-0.1, -0.05) is 12.1 Å².